The molecule has 0 bridgehead atoms. The summed E-state index contributed by atoms with van der Waals surface area (Å²) in [6.45, 7) is 1.83. The van der Waals surface area contributed by atoms with Crippen molar-refractivity contribution in [2.45, 2.75) is 44.1 Å². The largest absolute Gasteiger partial charge is 0.329 e. The van der Waals surface area contributed by atoms with Crippen molar-refractivity contribution in [2.75, 3.05) is 18.4 Å². The third kappa shape index (κ3) is 5.25. The highest BCUT2D eigenvalue weighted by molar-refractivity contribution is 5.93. The minimum absolute atomic E-state index is 0.0198. The summed E-state index contributed by atoms with van der Waals surface area (Å²) < 4.78 is 29.1. The van der Waals surface area contributed by atoms with Gasteiger partial charge in [-0.2, -0.15) is 0 Å². The first-order valence-corrected chi connectivity index (χ1v) is 10.6. The Labute approximate surface area is 179 Å². The van der Waals surface area contributed by atoms with Gasteiger partial charge in [-0.3, -0.25) is 14.5 Å². The van der Waals surface area contributed by atoms with E-state index in [1.54, 1.807) is 24.1 Å². The molecule has 2 N–H and O–H groups in total. The third-order valence-electron chi connectivity index (χ3n) is 6.02. The van der Waals surface area contributed by atoms with Gasteiger partial charge in [-0.25, -0.2) is 13.8 Å². The lowest BCUT2D eigenvalue weighted by Crippen LogP contribution is -2.52. The van der Waals surface area contributed by atoms with Gasteiger partial charge in [-0.1, -0.05) is 18.2 Å². The number of carbonyl (C=O) groups is 1. The minimum Gasteiger partial charge on any atom is -0.329 e. The predicted octanol–water partition coefficient (Wildman–Crippen LogP) is 3.64. The van der Waals surface area contributed by atoms with E-state index in [9.17, 15) is 18.4 Å². The molecular weight excluding hydrogens is 402 g/mol. The summed E-state index contributed by atoms with van der Waals surface area (Å²) in [5.41, 5.74) is 0.993. The molecule has 2 aromatic rings. The van der Waals surface area contributed by atoms with Gasteiger partial charge in [0.05, 0.1) is 12.0 Å². The van der Waals surface area contributed by atoms with E-state index < -0.39 is 17.9 Å². The molecule has 2 fully saturated rings. The van der Waals surface area contributed by atoms with Gasteiger partial charge in [0.2, 0.25) is 11.5 Å². The number of nitrogens with zero attached hydrogens (tertiary/aromatic N) is 2. The number of hydrogen-bond donors (Lipinski definition) is 2. The number of rotatable bonds is 6. The first-order chi connectivity index (χ1) is 14.8. The van der Waals surface area contributed by atoms with E-state index in [0.717, 1.165) is 5.56 Å². The summed E-state index contributed by atoms with van der Waals surface area (Å²) in [7, 11) is 0. The number of nitrogens with one attached hydrogen (secondary N) is 2. The van der Waals surface area contributed by atoms with Crippen molar-refractivity contribution >= 4 is 17.8 Å². The molecule has 1 aliphatic heterocycles. The molecule has 2 aromatic heterocycles. The first-order valence-electron chi connectivity index (χ1n) is 10.6. The molecule has 2 aliphatic rings. The van der Waals surface area contributed by atoms with E-state index in [4.69, 9.17) is 0 Å². The van der Waals surface area contributed by atoms with Crippen molar-refractivity contribution in [3.05, 3.63) is 64.2 Å². The molecule has 31 heavy (non-hydrogen) atoms. The lowest BCUT2D eigenvalue weighted by atomic mass is 9.87. The zero-order valence-corrected chi connectivity index (χ0v) is 17.4. The zero-order valence-electron chi connectivity index (χ0n) is 17.4. The van der Waals surface area contributed by atoms with Gasteiger partial charge < -0.3 is 10.3 Å². The van der Waals surface area contributed by atoms with Crippen LogP contribution in [0.5, 0.6) is 0 Å². The van der Waals surface area contributed by atoms with Gasteiger partial charge in [-0.15, -0.1) is 0 Å². The maximum atomic E-state index is 14.6. The number of amides is 1. The van der Waals surface area contributed by atoms with E-state index >= 15 is 0 Å². The average molecular weight is 428 g/mol. The number of alkyl halides is 2. The Bertz CT molecular complexity index is 994. The standard InChI is InChI=1S/C23H26F2N4O2/c1-15(22(31)28-20-8-6-17(12-26-20)5-4-16-2-3-16)29-11-10-23(24,25)19(14-29)18-7-9-21(30)27-13-18/h4-9,12-13,15-16,19H,2-3,10-11,14H2,1H3,(H,27,30)(H,26,28,31)/b5-4+/t15?,19-/m1/s1. The van der Waals surface area contributed by atoms with E-state index in [2.05, 4.69) is 21.4 Å². The monoisotopic (exact) mass is 428 g/mol. The topological polar surface area (TPSA) is 78.1 Å². The van der Waals surface area contributed by atoms with Gasteiger partial charge in [0.1, 0.15) is 5.82 Å². The number of aromatic nitrogens is 2. The lowest BCUT2D eigenvalue weighted by molar-refractivity contribution is -0.125. The smallest absolute Gasteiger partial charge is 0.257 e. The number of pyridine rings is 2. The van der Waals surface area contributed by atoms with Crippen LogP contribution in [0.4, 0.5) is 14.6 Å². The number of aromatic amines is 1. The number of piperidine rings is 1. The maximum absolute atomic E-state index is 14.6. The van der Waals surface area contributed by atoms with Crippen LogP contribution in [0.2, 0.25) is 0 Å². The van der Waals surface area contributed by atoms with Crippen LogP contribution in [0.1, 0.15) is 43.2 Å². The first kappa shape index (κ1) is 21.4. The summed E-state index contributed by atoms with van der Waals surface area (Å²) in [6, 6.07) is 5.70. The van der Waals surface area contributed by atoms with Crippen LogP contribution < -0.4 is 10.9 Å². The summed E-state index contributed by atoms with van der Waals surface area (Å²) in [5.74, 6) is -3.18. The maximum Gasteiger partial charge on any atom is 0.257 e. The second kappa shape index (κ2) is 8.70. The van der Waals surface area contributed by atoms with Crippen LogP contribution in [-0.4, -0.2) is 45.8 Å². The SMILES string of the molecule is CC(C(=O)Nc1ccc(/C=C/C2CC2)cn1)N1CCC(F)(F)[C@@H](c2ccc(=O)[nH]c2)C1. The zero-order chi connectivity index (χ0) is 22.0. The van der Waals surface area contributed by atoms with Crippen molar-refractivity contribution in [1.29, 1.82) is 0 Å². The van der Waals surface area contributed by atoms with E-state index in [1.165, 1.54) is 31.2 Å². The van der Waals surface area contributed by atoms with Gasteiger partial charge in [0.15, 0.2) is 0 Å². The van der Waals surface area contributed by atoms with Crippen molar-refractivity contribution in [3.63, 3.8) is 0 Å². The van der Waals surface area contributed by atoms with Gasteiger partial charge in [0.25, 0.3) is 5.92 Å². The fraction of sp³-hybridized carbons (Fsp3) is 0.435. The molecule has 1 aliphatic carbocycles. The Hall–Kier alpha value is -2.87. The number of H-pyrrole nitrogens is 1. The number of hydrogen-bond acceptors (Lipinski definition) is 4. The second-order valence-electron chi connectivity index (χ2n) is 8.38. The molecule has 2 atom stereocenters. The molecule has 4 rings (SSSR count). The Kier molecular flexibility index (Phi) is 6.00. The summed E-state index contributed by atoms with van der Waals surface area (Å²) >= 11 is 0. The van der Waals surface area contributed by atoms with Crippen molar-refractivity contribution < 1.29 is 13.6 Å². The second-order valence-corrected chi connectivity index (χ2v) is 8.38. The molecule has 164 valence electrons. The number of likely N-dealkylation sites (tertiary alicyclic amines) is 1. The van der Waals surface area contributed by atoms with Crippen molar-refractivity contribution in [2.24, 2.45) is 5.92 Å². The molecule has 1 amide bonds. The number of anilines is 1. The fourth-order valence-electron chi connectivity index (χ4n) is 3.78. The van der Waals surface area contributed by atoms with Crippen LogP contribution >= 0.6 is 0 Å². The normalized spacial score (nSPS) is 22.4. The molecule has 0 spiro atoms. The van der Waals surface area contributed by atoms with E-state index in [1.807, 2.05) is 12.1 Å². The minimum atomic E-state index is -2.91. The third-order valence-corrected chi connectivity index (χ3v) is 6.02. The van der Waals surface area contributed by atoms with E-state index in [0.29, 0.717) is 17.3 Å². The van der Waals surface area contributed by atoms with Crippen molar-refractivity contribution in [1.82, 2.24) is 14.9 Å². The molecule has 1 unspecified atom stereocenters. The van der Waals surface area contributed by atoms with Crippen LogP contribution in [0.15, 0.2) is 47.5 Å². The fourth-order valence-corrected chi connectivity index (χ4v) is 3.78. The predicted molar refractivity (Wildman–Crippen MR) is 115 cm³/mol. The quantitative estimate of drug-likeness (QED) is 0.736. The van der Waals surface area contributed by atoms with Gasteiger partial charge in [-0.05, 0) is 48.9 Å². The summed E-state index contributed by atoms with van der Waals surface area (Å²) in [6.07, 6.45) is 9.36. The lowest BCUT2D eigenvalue weighted by Gasteiger charge is -2.40. The Morgan fingerprint density at radius 3 is 2.77 bits per heavy atom. The van der Waals surface area contributed by atoms with Gasteiger partial charge in [0, 0.05) is 38.0 Å². The molecular formula is C23H26F2N4O2. The Balaban J connectivity index is 1.39. The highest BCUT2D eigenvalue weighted by atomic mass is 19.3. The van der Waals surface area contributed by atoms with Crippen LogP contribution in [0.3, 0.4) is 0 Å². The molecule has 0 aromatic carbocycles. The van der Waals surface area contributed by atoms with Crippen LogP contribution in [-0.2, 0) is 4.79 Å². The Morgan fingerprint density at radius 1 is 1.32 bits per heavy atom. The molecule has 0 radical (unpaired) electrons. The summed E-state index contributed by atoms with van der Waals surface area (Å²) in [4.78, 5) is 32.5. The van der Waals surface area contributed by atoms with Gasteiger partial charge >= 0.3 is 0 Å². The Morgan fingerprint density at radius 2 is 2.13 bits per heavy atom. The summed E-state index contributed by atoms with van der Waals surface area (Å²) in [5, 5.41) is 2.78. The number of halogens is 2. The molecule has 3 heterocycles. The van der Waals surface area contributed by atoms with Crippen LogP contribution in [0.25, 0.3) is 6.08 Å². The van der Waals surface area contributed by atoms with Crippen molar-refractivity contribution in [3.8, 4) is 0 Å². The van der Waals surface area contributed by atoms with E-state index in [-0.39, 0.29) is 31.0 Å². The molecule has 1 saturated heterocycles. The number of allylic oxidation sites excluding steroid dienone is 1. The molecule has 6 nitrogen and oxygen atoms in total. The number of carbonyl (C=O) groups excluding carboxylic acids is 1. The molecule has 1 saturated carbocycles. The average Bonchev–Trinajstić information content (AvgIpc) is 3.58. The highest BCUT2D eigenvalue weighted by Crippen LogP contribution is 2.40. The highest BCUT2D eigenvalue weighted by Gasteiger charge is 2.46. The molecule has 8 heteroatoms. The van der Waals surface area contributed by atoms with Crippen LogP contribution in [0, 0.1) is 5.92 Å².